The smallest absolute Gasteiger partial charge is 0.262 e. The number of hydrogen-bond donors (Lipinski definition) is 1. The summed E-state index contributed by atoms with van der Waals surface area (Å²) in [7, 11) is 0. The lowest BCUT2D eigenvalue weighted by Gasteiger charge is -2.10. The number of aromatic nitrogens is 1. The van der Waals surface area contributed by atoms with Gasteiger partial charge in [0, 0.05) is 42.4 Å². The molecule has 3 aromatic rings. The Hall–Kier alpha value is -3.27. The van der Waals surface area contributed by atoms with Crippen LogP contribution in [-0.2, 0) is 16.1 Å². The number of nitrogens with one attached hydrogen (secondary N) is 1. The predicted octanol–water partition coefficient (Wildman–Crippen LogP) is 4.97. The fraction of sp³-hybridized carbons (Fsp3) is 0.308. The summed E-state index contributed by atoms with van der Waals surface area (Å²) in [5.74, 6) is 0.297. The van der Waals surface area contributed by atoms with E-state index in [0.717, 1.165) is 48.9 Å². The molecule has 1 aromatic heterocycles. The monoisotopic (exact) mass is 463 g/mol. The molecule has 1 fully saturated rings. The van der Waals surface area contributed by atoms with Gasteiger partial charge in [-0.1, -0.05) is 41.9 Å². The van der Waals surface area contributed by atoms with Crippen LogP contribution in [0.15, 0.2) is 60.3 Å². The molecule has 1 aliphatic heterocycles. The quantitative estimate of drug-likeness (QED) is 0.276. The Bertz CT molecular complexity index is 1190. The van der Waals surface area contributed by atoms with Crippen LogP contribution in [0, 0.1) is 11.3 Å². The van der Waals surface area contributed by atoms with Gasteiger partial charge in [0.05, 0.1) is 17.7 Å². The van der Waals surface area contributed by atoms with E-state index >= 15 is 0 Å². The van der Waals surface area contributed by atoms with Gasteiger partial charge in [-0.05, 0) is 43.5 Å². The van der Waals surface area contributed by atoms with Crippen molar-refractivity contribution in [3.05, 3.63) is 70.9 Å². The predicted molar refractivity (Wildman–Crippen MR) is 129 cm³/mol. The highest BCUT2D eigenvalue weighted by Crippen LogP contribution is 2.25. The SMILES string of the molecule is N#C/C(=C\c1cn(CCCOc2ccccc2Cl)c2ccccc12)C(=O)NC[C@H]1CCCO1. The fourth-order valence-corrected chi connectivity index (χ4v) is 4.16. The molecule has 33 heavy (non-hydrogen) atoms. The van der Waals surface area contributed by atoms with Gasteiger partial charge < -0.3 is 19.4 Å². The molecule has 0 radical (unpaired) electrons. The van der Waals surface area contributed by atoms with Crippen molar-refractivity contribution >= 4 is 34.5 Å². The van der Waals surface area contributed by atoms with E-state index in [1.807, 2.05) is 54.7 Å². The zero-order valence-corrected chi connectivity index (χ0v) is 19.1. The fourth-order valence-electron chi connectivity index (χ4n) is 3.97. The summed E-state index contributed by atoms with van der Waals surface area (Å²) >= 11 is 6.15. The molecule has 2 aromatic carbocycles. The number of aryl methyl sites for hydroxylation is 1. The van der Waals surface area contributed by atoms with Gasteiger partial charge in [0.2, 0.25) is 0 Å². The maximum Gasteiger partial charge on any atom is 0.262 e. The zero-order valence-electron chi connectivity index (χ0n) is 18.3. The van der Waals surface area contributed by atoms with Crippen molar-refractivity contribution in [2.24, 2.45) is 0 Å². The second kappa shape index (κ2) is 11.0. The number of hydrogen-bond acceptors (Lipinski definition) is 4. The number of carbonyl (C=O) groups excluding carboxylic acids is 1. The van der Waals surface area contributed by atoms with Crippen LogP contribution in [0.4, 0.5) is 0 Å². The first-order valence-electron chi connectivity index (χ1n) is 11.1. The van der Waals surface area contributed by atoms with Crippen molar-refractivity contribution in [1.29, 1.82) is 5.26 Å². The van der Waals surface area contributed by atoms with E-state index < -0.39 is 0 Å². The Labute approximate surface area is 198 Å². The second-order valence-electron chi connectivity index (χ2n) is 7.94. The minimum Gasteiger partial charge on any atom is -0.492 e. The molecule has 7 heteroatoms. The number of para-hydroxylation sites is 2. The van der Waals surface area contributed by atoms with E-state index in [1.54, 1.807) is 12.1 Å². The minimum atomic E-state index is -0.377. The van der Waals surface area contributed by atoms with Crippen LogP contribution >= 0.6 is 11.6 Å². The summed E-state index contributed by atoms with van der Waals surface area (Å²) in [4.78, 5) is 12.6. The largest absolute Gasteiger partial charge is 0.492 e. The normalized spacial score (nSPS) is 16.0. The van der Waals surface area contributed by atoms with Crippen LogP contribution in [0.3, 0.4) is 0 Å². The molecule has 0 aliphatic carbocycles. The number of rotatable bonds is 9. The van der Waals surface area contributed by atoms with Crippen LogP contribution in [-0.4, -0.2) is 36.3 Å². The number of nitriles is 1. The second-order valence-corrected chi connectivity index (χ2v) is 8.35. The number of nitrogens with zero attached hydrogens (tertiary/aromatic N) is 2. The van der Waals surface area contributed by atoms with Gasteiger partial charge in [0.1, 0.15) is 17.4 Å². The van der Waals surface area contributed by atoms with Crippen molar-refractivity contribution in [3.63, 3.8) is 0 Å². The molecule has 0 saturated carbocycles. The molecule has 0 spiro atoms. The van der Waals surface area contributed by atoms with Crippen molar-refractivity contribution < 1.29 is 14.3 Å². The average Bonchev–Trinajstić information content (AvgIpc) is 3.48. The first kappa shape index (κ1) is 22.9. The number of benzene rings is 2. The van der Waals surface area contributed by atoms with Crippen molar-refractivity contribution in [1.82, 2.24) is 9.88 Å². The molecular weight excluding hydrogens is 438 g/mol. The Morgan fingerprint density at radius 2 is 2.09 bits per heavy atom. The van der Waals surface area contributed by atoms with Crippen molar-refractivity contribution in [2.75, 3.05) is 19.8 Å². The first-order valence-corrected chi connectivity index (χ1v) is 11.5. The molecule has 170 valence electrons. The standard InChI is InChI=1S/C26H26ClN3O3/c27-23-9-2-4-11-25(23)33-14-6-12-30-18-20(22-8-1-3-10-24(22)30)15-19(16-28)26(31)29-17-21-7-5-13-32-21/h1-4,8-11,15,18,21H,5-7,12-14,17H2,(H,29,31)/b19-15+/t21-/m1/s1. The third-order valence-corrected chi connectivity index (χ3v) is 5.95. The van der Waals surface area contributed by atoms with Crippen LogP contribution in [0.1, 0.15) is 24.8 Å². The number of carbonyl (C=O) groups is 1. The van der Waals surface area contributed by atoms with E-state index in [2.05, 4.69) is 9.88 Å². The Morgan fingerprint density at radius 3 is 2.88 bits per heavy atom. The van der Waals surface area contributed by atoms with Crippen LogP contribution in [0.25, 0.3) is 17.0 Å². The third kappa shape index (κ3) is 5.75. The van der Waals surface area contributed by atoms with E-state index in [9.17, 15) is 10.1 Å². The summed E-state index contributed by atoms with van der Waals surface area (Å²) < 4.78 is 13.5. The zero-order chi connectivity index (χ0) is 23.0. The van der Waals surface area contributed by atoms with Gasteiger partial charge in [0.15, 0.2) is 0 Å². The molecule has 1 saturated heterocycles. The highest BCUT2D eigenvalue weighted by molar-refractivity contribution is 6.32. The lowest BCUT2D eigenvalue weighted by atomic mass is 10.1. The Balaban J connectivity index is 1.44. The minimum absolute atomic E-state index is 0.0313. The molecule has 0 bridgehead atoms. The van der Waals surface area contributed by atoms with Crippen molar-refractivity contribution in [2.45, 2.75) is 31.9 Å². The number of amides is 1. The summed E-state index contributed by atoms with van der Waals surface area (Å²) in [6.45, 7) is 2.40. The lowest BCUT2D eigenvalue weighted by molar-refractivity contribution is -0.117. The van der Waals surface area contributed by atoms with Crippen LogP contribution < -0.4 is 10.1 Å². The topological polar surface area (TPSA) is 76.3 Å². The lowest BCUT2D eigenvalue weighted by Crippen LogP contribution is -2.32. The molecule has 4 rings (SSSR count). The molecule has 1 N–H and O–H groups in total. The van der Waals surface area contributed by atoms with Gasteiger partial charge >= 0.3 is 0 Å². The molecule has 2 heterocycles. The molecule has 0 unspecified atom stereocenters. The third-order valence-electron chi connectivity index (χ3n) is 5.64. The summed E-state index contributed by atoms with van der Waals surface area (Å²) in [6, 6.07) is 17.4. The summed E-state index contributed by atoms with van der Waals surface area (Å²) in [6.07, 6.45) is 6.38. The number of halogens is 1. The maximum absolute atomic E-state index is 12.6. The Kier molecular flexibility index (Phi) is 7.66. The van der Waals surface area contributed by atoms with E-state index in [1.165, 1.54) is 0 Å². The molecule has 1 amide bonds. The first-order chi connectivity index (χ1) is 16.2. The molecule has 6 nitrogen and oxygen atoms in total. The number of ether oxygens (including phenoxy) is 2. The average molecular weight is 464 g/mol. The Morgan fingerprint density at radius 1 is 1.27 bits per heavy atom. The van der Waals surface area contributed by atoms with E-state index in [-0.39, 0.29) is 17.6 Å². The van der Waals surface area contributed by atoms with Gasteiger partial charge in [0.25, 0.3) is 5.91 Å². The summed E-state index contributed by atoms with van der Waals surface area (Å²) in [5, 5.41) is 14.0. The van der Waals surface area contributed by atoms with Crippen LogP contribution in [0.2, 0.25) is 5.02 Å². The van der Waals surface area contributed by atoms with E-state index in [0.29, 0.717) is 23.9 Å². The van der Waals surface area contributed by atoms with Crippen LogP contribution in [0.5, 0.6) is 5.75 Å². The van der Waals surface area contributed by atoms with Crippen molar-refractivity contribution in [3.8, 4) is 11.8 Å². The summed E-state index contributed by atoms with van der Waals surface area (Å²) in [5.41, 5.74) is 1.96. The molecule has 1 aliphatic rings. The van der Waals surface area contributed by atoms with Gasteiger partial charge in [-0.2, -0.15) is 5.26 Å². The van der Waals surface area contributed by atoms with Gasteiger partial charge in [-0.15, -0.1) is 0 Å². The van der Waals surface area contributed by atoms with Gasteiger partial charge in [-0.25, -0.2) is 0 Å². The van der Waals surface area contributed by atoms with Gasteiger partial charge in [-0.3, -0.25) is 4.79 Å². The highest BCUT2D eigenvalue weighted by atomic mass is 35.5. The molecule has 1 atom stereocenters. The van der Waals surface area contributed by atoms with E-state index in [4.69, 9.17) is 21.1 Å². The number of fused-ring (bicyclic) bond motifs is 1. The highest BCUT2D eigenvalue weighted by Gasteiger charge is 2.18. The molecular formula is C26H26ClN3O3. The maximum atomic E-state index is 12.6.